The average molecular weight is 415 g/mol. The van der Waals surface area contributed by atoms with Gasteiger partial charge in [0.05, 0.1) is 5.56 Å². The van der Waals surface area contributed by atoms with Crippen LogP contribution in [0.25, 0.3) is 11.6 Å². The molecule has 0 aliphatic heterocycles. The number of likely N-dealkylation sites (N-methyl/N-ethyl adjacent to an activating group) is 2. The Morgan fingerprint density at radius 3 is 2.50 bits per heavy atom. The molecule has 0 aliphatic carbocycles. The number of aromatic nitrogens is 1. The van der Waals surface area contributed by atoms with Crippen LogP contribution < -0.4 is 10.6 Å². The molecule has 1 aromatic carbocycles. The van der Waals surface area contributed by atoms with E-state index in [9.17, 15) is 14.0 Å². The highest BCUT2D eigenvalue weighted by molar-refractivity contribution is 6.24. The molecule has 0 atom stereocenters. The summed E-state index contributed by atoms with van der Waals surface area (Å²) in [5.74, 6) is -0.909. The van der Waals surface area contributed by atoms with Gasteiger partial charge in [-0.3, -0.25) is 9.59 Å². The summed E-state index contributed by atoms with van der Waals surface area (Å²) in [5.41, 5.74) is 3.45. The standard InChI is InChI=1S/C23H31FN4O2/c1-6-28(7-2)12-11-26-23(30)21-15(3)20(27-16(21)4)14-19(22(29)25-5)17-9-8-10-18(24)13-17/h8-10,13-14,27H,6-7,11-12H2,1-5H3,(H,25,29)(H,26,30)/b19-14-. The van der Waals surface area contributed by atoms with Crippen molar-refractivity contribution in [3.8, 4) is 0 Å². The fourth-order valence-corrected chi connectivity index (χ4v) is 3.43. The molecule has 1 heterocycles. The molecular formula is C23H31FN4O2. The van der Waals surface area contributed by atoms with Crippen molar-refractivity contribution >= 4 is 23.5 Å². The van der Waals surface area contributed by atoms with Gasteiger partial charge in [-0.15, -0.1) is 0 Å². The Bertz CT molecular complexity index is 929. The van der Waals surface area contributed by atoms with E-state index in [1.165, 1.54) is 19.2 Å². The Kier molecular flexibility index (Phi) is 8.35. The lowest BCUT2D eigenvalue weighted by molar-refractivity contribution is -0.115. The van der Waals surface area contributed by atoms with Crippen LogP contribution in [-0.2, 0) is 4.79 Å². The van der Waals surface area contributed by atoms with Gasteiger partial charge in [0.2, 0.25) is 0 Å². The third-order valence-corrected chi connectivity index (χ3v) is 5.21. The van der Waals surface area contributed by atoms with E-state index in [2.05, 4.69) is 34.4 Å². The van der Waals surface area contributed by atoms with Crippen molar-refractivity contribution in [1.29, 1.82) is 0 Å². The van der Waals surface area contributed by atoms with E-state index in [0.29, 0.717) is 28.9 Å². The molecule has 162 valence electrons. The second kappa shape index (κ2) is 10.7. The zero-order valence-electron chi connectivity index (χ0n) is 18.4. The molecule has 2 aromatic rings. The van der Waals surface area contributed by atoms with Gasteiger partial charge in [0.25, 0.3) is 11.8 Å². The van der Waals surface area contributed by atoms with Gasteiger partial charge in [-0.05, 0) is 56.3 Å². The van der Waals surface area contributed by atoms with Crippen molar-refractivity contribution < 1.29 is 14.0 Å². The van der Waals surface area contributed by atoms with E-state index in [-0.39, 0.29) is 11.8 Å². The first kappa shape index (κ1) is 23.3. The fourth-order valence-electron chi connectivity index (χ4n) is 3.43. The third-order valence-electron chi connectivity index (χ3n) is 5.21. The number of amides is 2. The number of hydrogen-bond donors (Lipinski definition) is 3. The Morgan fingerprint density at radius 1 is 1.20 bits per heavy atom. The molecule has 0 aliphatic rings. The molecule has 3 N–H and O–H groups in total. The highest BCUT2D eigenvalue weighted by atomic mass is 19.1. The van der Waals surface area contributed by atoms with Crippen LogP contribution in [0.4, 0.5) is 4.39 Å². The van der Waals surface area contributed by atoms with Crippen molar-refractivity contribution in [3.05, 3.63) is 58.2 Å². The molecule has 0 bridgehead atoms. The summed E-state index contributed by atoms with van der Waals surface area (Å²) in [6.07, 6.45) is 1.66. The molecule has 0 unspecified atom stereocenters. The predicted molar refractivity (Wildman–Crippen MR) is 119 cm³/mol. The number of rotatable bonds is 9. The second-order valence-corrected chi connectivity index (χ2v) is 7.09. The number of carbonyl (C=O) groups is 2. The number of H-pyrrole nitrogens is 1. The summed E-state index contributed by atoms with van der Waals surface area (Å²) >= 11 is 0. The summed E-state index contributed by atoms with van der Waals surface area (Å²) in [7, 11) is 1.52. The van der Waals surface area contributed by atoms with E-state index in [1.54, 1.807) is 18.2 Å². The highest BCUT2D eigenvalue weighted by Crippen LogP contribution is 2.24. The molecule has 30 heavy (non-hydrogen) atoms. The molecule has 0 spiro atoms. The van der Waals surface area contributed by atoms with Crippen molar-refractivity contribution in [3.63, 3.8) is 0 Å². The number of aromatic amines is 1. The maximum absolute atomic E-state index is 13.7. The van der Waals surface area contributed by atoms with Gasteiger partial charge in [-0.2, -0.15) is 0 Å². The molecule has 2 rings (SSSR count). The molecule has 6 nitrogen and oxygen atoms in total. The first-order valence-corrected chi connectivity index (χ1v) is 10.2. The Labute approximate surface area is 177 Å². The molecule has 0 saturated carbocycles. The van der Waals surface area contributed by atoms with Crippen LogP contribution in [0.1, 0.15) is 46.7 Å². The van der Waals surface area contributed by atoms with E-state index >= 15 is 0 Å². The third kappa shape index (κ3) is 5.57. The van der Waals surface area contributed by atoms with Crippen LogP contribution in [0, 0.1) is 19.7 Å². The number of nitrogens with one attached hydrogen (secondary N) is 3. The number of nitrogens with zero attached hydrogens (tertiary/aromatic N) is 1. The highest BCUT2D eigenvalue weighted by Gasteiger charge is 2.19. The summed E-state index contributed by atoms with van der Waals surface area (Å²) in [4.78, 5) is 30.6. The minimum Gasteiger partial charge on any atom is -0.358 e. The SMILES string of the molecule is CCN(CC)CCNC(=O)c1c(C)[nH]c(/C=C(\C(=O)NC)c2cccc(F)c2)c1C. The normalized spacial score (nSPS) is 11.6. The van der Waals surface area contributed by atoms with Gasteiger partial charge in [-0.1, -0.05) is 26.0 Å². The maximum atomic E-state index is 13.7. The monoisotopic (exact) mass is 414 g/mol. The van der Waals surface area contributed by atoms with E-state index in [4.69, 9.17) is 0 Å². The number of halogens is 1. The number of hydrogen-bond acceptors (Lipinski definition) is 3. The quantitative estimate of drug-likeness (QED) is 0.552. The minimum atomic E-state index is -0.421. The molecule has 0 radical (unpaired) electrons. The van der Waals surface area contributed by atoms with Gasteiger partial charge in [0.1, 0.15) is 5.82 Å². The Morgan fingerprint density at radius 2 is 1.90 bits per heavy atom. The number of benzene rings is 1. The smallest absolute Gasteiger partial charge is 0.253 e. The Hall–Kier alpha value is -2.93. The Balaban J connectivity index is 2.32. The molecular weight excluding hydrogens is 383 g/mol. The van der Waals surface area contributed by atoms with Crippen LogP contribution in [0.2, 0.25) is 0 Å². The van der Waals surface area contributed by atoms with Crippen LogP contribution in [0.3, 0.4) is 0 Å². The van der Waals surface area contributed by atoms with Crippen molar-refractivity contribution in [1.82, 2.24) is 20.5 Å². The van der Waals surface area contributed by atoms with Crippen LogP contribution in [-0.4, -0.2) is 54.9 Å². The molecule has 0 saturated heterocycles. The summed E-state index contributed by atoms with van der Waals surface area (Å²) in [6, 6.07) is 5.88. The van der Waals surface area contributed by atoms with Crippen LogP contribution in [0.5, 0.6) is 0 Å². The zero-order valence-corrected chi connectivity index (χ0v) is 18.4. The lowest BCUT2D eigenvalue weighted by Gasteiger charge is -2.18. The summed E-state index contributed by atoms with van der Waals surface area (Å²) < 4.78 is 13.7. The van der Waals surface area contributed by atoms with Gasteiger partial charge >= 0.3 is 0 Å². The van der Waals surface area contributed by atoms with Crippen molar-refractivity contribution in [2.75, 3.05) is 33.2 Å². The zero-order chi connectivity index (χ0) is 22.3. The van der Waals surface area contributed by atoms with Crippen LogP contribution >= 0.6 is 0 Å². The van der Waals surface area contributed by atoms with Crippen molar-refractivity contribution in [2.45, 2.75) is 27.7 Å². The van der Waals surface area contributed by atoms with E-state index < -0.39 is 5.82 Å². The lowest BCUT2D eigenvalue weighted by atomic mass is 10.0. The van der Waals surface area contributed by atoms with Gasteiger partial charge in [-0.25, -0.2) is 4.39 Å². The number of carbonyl (C=O) groups excluding carboxylic acids is 2. The van der Waals surface area contributed by atoms with Crippen molar-refractivity contribution in [2.24, 2.45) is 0 Å². The van der Waals surface area contributed by atoms with Crippen LogP contribution in [0.15, 0.2) is 24.3 Å². The maximum Gasteiger partial charge on any atom is 0.253 e. The first-order chi connectivity index (χ1) is 14.3. The molecule has 2 amide bonds. The van der Waals surface area contributed by atoms with E-state index in [0.717, 1.165) is 30.9 Å². The molecule has 7 heteroatoms. The average Bonchev–Trinajstić information content (AvgIpc) is 3.01. The lowest BCUT2D eigenvalue weighted by Crippen LogP contribution is -2.35. The van der Waals surface area contributed by atoms with Gasteiger partial charge in [0.15, 0.2) is 0 Å². The van der Waals surface area contributed by atoms with E-state index in [1.807, 2.05) is 13.8 Å². The topological polar surface area (TPSA) is 77.2 Å². The fraction of sp³-hybridized carbons (Fsp3) is 0.391. The summed E-state index contributed by atoms with van der Waals surface area (Å²) in [6.45, 7) is 11.1. The second-order valence-electron chi connectivity index (χ2n) is 7.09. The van der Waals surface area contributed by atoms with Gasteiger partial charge in [0, 0.05) is 37.1 Å². The summed E-state index contributed by atoms with van der Waals surface area (Å²) in [5, 5.41) is 5.56. The predicted octanol–water partition coefficient (Wildman–Crippen LogP) is 3.13. The molecule has 0 fully saturated rings. The van der Waals surface area contributed by atoms with Gasteiger partial charge < -0.3 is 20.5 Å². The first-order valence-electron chi connectivity index (χ1n) is 10.2. The number of aryl methyl sites for hydroxylation is 1. The molecule has 1 aromatic heterocycles. The minimum absolute atomic E-state index is 0.152. The largest absolute Gasteiger partial charge is 0.358 e.